The fourth-order valence-electron chi connectivity index (χ4n) is 1.06. The van der Waals surface area contributed by atoms with Gasteiger partial charge in [-0.1, -0.05) is 13.8 Å². The van der Waals surface area contributed by atoms with E-state index in [1.807, 2.05) is 0 Å². The maximum absolute atomic E-state index is 13.8. The van der Waals surface area contributed by atoms with Gasteiger partial charge < -0.3 is 10.2 Å². The number of alkyl halides is 2. The van der Waals surface area contributed by atoms with Gasteiger partial charge in [0.25, 0.3) is 0 Å². The largest absolute Gasteiger partial charge is 0.460 e. The van der Waals surface area contributed by atoms with Gasteiger partial charge in [0.1, 0.15) is 5.76 Å². The van der Waals surface area contributed by atoms with Gasteiger partial charge in [-0.25, -0.2) is 0 Å². The molecule has 2 nitrogen and oxygen atoms in total. The summed E-state index contributed by atoms with van der Waals surface area (Å²) in [5.41, 5.74) is 4.02. The molecule has 0 saturated carbocycles. The molecule has 0 spiro atoms. The molecule has 1 heterocycles. The summed E-state index contributed by atoms with van der Waals surface area (Å²) in [5, 5.41) is 0. The van der Waals surface area contributed by atoms with Crippen LogP contribution in [0.1, 0.15) is 25.4 Å². The Kier molecular flexibility index (Phi) is 2.67. The summed E-state index contributed by atoms with van der Waals surface area (Å²) in [6, 6.07) is 2.82. The lowest BCUT2D eigenvalue weighted by molar-refractivity contribution is -0.124. The van der Waals surface area contributed by atoms with Crippen LogP contribution in [-0.2, 0) is 5.92 Å². The highest BCUT2D eigenvalue weighted by Gasteiger charge is 2.49. The van der Waals surface area contributed by atoms with E-state index in [4.69, 9.17) is 10.2 Å². The summed E-state index contributed by atoms with van der Waals surface area (Å²) < 4.78 is 32.5. The van der Waals surface area contributed by atoms with Gasteiger partial charge in [0.05, 0.1) is 0 Å². The monoisotopic (exact) mass is 203 g/mol. The van der Waals surface area contributed by atoms with Crippen molar-refractivity contribution in [2.75, 3.05) is 6.54 Å². The third-order valence-corrected chi connectivity index (χ3v) is 2.41. The molecular weight excluding hydrogens is 188 g/mol. The van der Waals surface area contributed by atoms with Crippen molar-refractivity contribution >= 4 is 0 Å². The molecule has 1 rings (SSSR count). The Morgan fingerprint density at radius 2 is 1.93 bits per heavy atom. The molecule has 1 aromatic rings. The van der Waals surface area contributed by atoms with E-state index in [-0.39, 0.29) is 12.3 Å². The first kappa shape index (κ1) is 11.2. The average Bonchev–Trinajstić information content (AvgIpc) is 2.52. The number of hydrogen-bond donors (Lipinski definition) is 1. The smallest absolute Gasteiger partial charge is 0.310 e. The lowest BCUT2D eigenvalue weighted by atomic mass is 9.84. The quantitative estimate of drug-likeness (QED) is 0.820. The van der Waals surface area contributed by atoms with Crippen LogP contribution in [0.15, 0.2) is 16.5 Å². The molecule has 14 heavy (non-hydrogen) atoms. The van der Waals surface area contributed by atoms with Gasteiger partial charge in [0.2, 0.25) is 0 Å². The van der Waals surface area contributed by atoms with E-state index in [1.54, 1.807) is 6.92 Å². The highest BCUT2D eigenvalue weighted by molar-refractivity contribution is 5.13. The number of rotatable bonds is 3. The molecule has 80 valence electrons. The number of halogens is 2. The molecule has 4 heteroatoms. The minimum Gasteiger partial charge on any atom is -0.460 e. The fraction of sp³-hybridized carbons (Fsp3) is 0.600. The summed E-state index contributed by atoms with van der Waals surface area (Å²) in [7, 11) is 0. The van der Waals surface area contributed by atoms with E-state index < -0.39 is 11.3 Å². The van der Waals surface area contributed by atoms with Crippen LogP contribution >= 0.6 is 0 Å². The molecule has 0 saturated heterocycles. The molecular formula is C10H15F2NO. The predicted octanol–water partition coefficient (Wildman–Crippen LogP) is 2.66. The van der Waals surface area contributed by atoms with Crippen molar-refractivity contribution in [3.05, 3.63) is 23.7 Å². The second kappa shape index (κ2) is 3.35. The van der Waals surface area contributed by atoms with Gasteiger partial charge in [0.15, 0.2) is 5.76 Å². The summed E-state index contributed by atoms with van der Waals surface area (Å²) in [4.78, 5) is 0. The van der Waals surface area contributed by atoms with Gasteiger partial charge in [0, 0.05) is 12.0 Å². The van der Waals surface area contributed by atoms with Crippen LogP contribution in [0.5, 0.6) is 0 Å². The maximum atomic E-state index is 13.8. The highest BCUT2D eigenvalue weighted by Crippen LogP contribution is 2.44. The highest BCUT2D eigenvalue weighted by atomic mass is 19.3. The Bertz CT molecular complexity index is 318. The first-order chi connectivity index (χ1) is 6.31. The van der Waals surface area contributed by atoms with Gasteiger partial charge in [-0.2, -0.15) is 8.78 Å². The van der Waals surface area contributed by atoms with Crippen LogP contribution in [0.2, 0.25) is 0 Å². The second-order valence-electron chi connectivity index (χ2n) is 4.07. The van der Waals surface area contributed by atoms with E-state index >= 15 is 0 Å². The zero-order chi connectivity index (χ0) is 11.0. The maximum Gasteiger partial charge on any atom is 0.310 e. The molecule has 0 radical (unpaired) electrons. The Morgan fingerprint density at radius 1 is 1.36 bits per heavy atom. The van der Waals surface area contributed by atoms with Crippen molar-refractivity contribution in [1.29, 1.82) is 0 Å². The van der Waals surface area contributed by atoms with Crippen LogP contribution in [0.3, 0.4) is 0 Å². The molecule has 0 atom stereocenters. The molecule has 0 aliphatic heterocycles. The first-order valence-corrected chi connectivity index (χ1v) is 4.46. The Hall–Kier alpha value is -0.900. The Morgan fingerprint density at radius 3 is 2.29 bits per heavy atom. The van der Waals surface area contributed by atoms with E-state index in [0.717, 1.165) is 0 Å². The van der Waals surface area contributed by atoms with Crippen molar-refractivity contribution < 1.29 is 13.2 Å². The number of furan rings is 1. The van der Waals surface area contributed by atoms with Crippen LogP contribution in [0.25, 0.3) is 0 Å². The van der Waals surface area contributed by atoms with E-state index in [1.165, 1.54) is 26.0 Å². The molecule has 0 aliphatic rings. The standard InChI is InChI=1S/C10H15F2NO/c1-7-4-5-8(14-7)10(11,12)9(2,3)6-13/h4-5H,6,13H2,1-3H3. The average molecular weight is 203 g/mol. The summed E-state index contributed by atoms with van der Waals surface area (Å²) in [5.74, 6) is -2.87. The molecule has 0 bridgehead atoms. The first-order valence-electron chi connectivity index (χ1n) is 4.46. The molecule has 2 N–H and O–H groups in total. The fourth-order valence-corrected chi connectivity index (χ4v) is 1.06. The third kappa shape index (κ3) is 1.66. The van der Waals surface area contributed by atoms with Crippen molar-refractivity contribution in [2.24, 2.45) is 11.1 Å². The minimum atomic E-state index is -3.03. The normalized spacial score (nSPS) is 13.3. The molecule has 0 amide bonds. The Balaban J connectivity index is 3.07. The number of nitrogens with two attached hydrogens (primary N) is 1. The predicted molar refractivity (Wildman–Crippen MR) is 50.2 cm³/mol. The van der Waals surface area contributed by atoms with E-state index in [2.05, 4.69) is 0 Å². The van der Waals surface area contributed by atoms with Gasteiger partial charge >= 0.3 is 5.92 Å². The lowest BCUT2D eigenvalue weighted by Gasteiger charge is -2.31. The van der Waals surface area contributed by atoms with Crippen molar-refractivity contribution in [3.8, 4) is 0 Å². The molecule has 1 aromatic heterocycles. The summed E-state index contributed by atoms with van der Waals surface area (Å²) in [6.45, 7) is 4.38. The van der Waals surface area contributed by atoms with E-state index in [9.17, 15) is 8.78 Å². The van der Waals surface area contributed by atoms with Gasteiger partial charge in [-0.05, 0) is 19.1 Å². The zero-order valence-electron chi connectivity index (χ0n) is 8.60. The topological polar surface area (TPSA) is 39.2 Å². The minimum absolute atomic E-state index is 0.0975. The number of hydrogen-bond acceptors (Lipinski definition) is 2. The van der Waals surface area contributed by atoms with Crippen molar-refractivity contribution in [2.45, 2.75) is 26.7 Å². The zero-order valence-corrected chi connectivity index (χ0v) is 8.60. The summed E-state index contributed by atoms with van der Waals surface area (Å²) >= 11 is 0. The Labute approximate surface area is 82.1 Å². The third-order valence-electron chi connectivity index (χ3n) is 2.41. The van der Waals surface area contributed by atoms with Gasteiger partial charge in [-0.3, -0.25) is 0 Å². The summed E-state index contributed by atoms with van der Waals surface area (Å²) in [6.07, 6.45) is 0. The van der Waals surface area contributed by atoms with Gasteiger partial charge in [-0.15, -0.1) is 0 Å². The second-order valence-corrected chi connectivity index (χ2v) is 4.07. The molecule has 0 fully saturated rings. The lowest BCUT2D eigenvalue weighted by Crippen LogP contribution is -2.39. The molecule has 0 aliphatic carbocycles. The van der Waals surface area contributed by atoms with Crippen LogP contribution < -0.4 is 5.73 Å². The molecule has 0 unspecified atom stereocenters. The SMILES string of the molecule is Cc1ccc(C(F)(F)C(C)(C)CN)o1. The number of aryl methyl sites for hydroxylation is 1. The van der Waals surface area contributed by atoms with Crippen LogP contribution in [0, 0.1) is 12.3 Å². The molecule has 0 aromatic carbocycles. The van der Waals surface area contributed by atoms with Crippen LogP contribution in [-0.4, -0.2) is 6.54 Å². The van der Waals surface area contributed by atoms with E-state index in [0.29, 0.717) is 5.76 Å². The van der Waals surface area contributed by atoms with Crippen molar-refractivity contribution in [1.82, 2.24) is 0 Å². The van der Waals surface area contributed by atoms with Crippen molar-refractivity contribution in [3.63, 3.8) is 0 Å². The van der Waals surface area contributed by atoms with Crippen LogP contribution in [0.4, 0.5) is 8.78 Å².